The van der Waals surface area contributed by atoms with Crippen molar-refractivity contribution in [3.8, 4) is 0 Å². The van der Waals surface area contributed by atoms with Gasteiger partial charge in [-0.3, -0.25) is 4.79 Å². The van der Waals surface area contributed by atoms with Crippen LogP contribution in [0.2, 0.25) is 0 Å². The summed E-state index contributed by atoms with van der Waals surface area (Å²) in [4.78, 5) is 11.2. The highest BCUT2D eigenvalue weighted by Crippen LogP contribution is 2.27. The van der Waals surface area contributed by atoms with Crippen molar-refractivity contribution in [3.63, 3.8) is 0 Å². The van der Waals surface area contributed by atoms with Crippen molar-refractivity contribution in [2.75, 3.05) is 0 Å². The molecule has 11 heavy (non-hydrogen) atoms. The van der Waals surface area contributed by atoms with Crippen LogP contribution >= 0.6 is 0 Å². The van der Waals surface area contributed by atoms with E-state index in [1.165, 1.54) is 0 Å². The monoisotopic (exact) mass is 156 g/mol. The predicted octanol–water partition coefficient (Wildman–Crippen LogP) is 1.37. The van der Waals surface area contributed by atoms with Crippen LogP contribution in [-0.2, 0) is 4.79 Å². The third kappa shape index (κ3) is 1.80. The molecule has 0 saturated heterocycles. The Hall–Kier alpha value is -0.370. The summed E-state index contributed by atoms with van der Waals surface area (Å²) in [6.07, 6.45) is 2.12. The highest BCUT2D eigenvalue weighted by molar-refractivity contribution is 5.83. The van der Waals surface area contributed by atoms with Crippen molar-refractivity contribution in [2.45, 2.75) is 39.2 Å². The van der Waals surface area contributed by atoms with Gasteiger partial charge in [-0.2, -0.15) is 0 Å². The Bertz CT molecular complexity index is 152. The average molecular weight is 156 g/mol. The Morgan fingerprint density at radius 3 is 2.55 bits per heavy atom. The van der Waals surface area contributed by atoms with Crippen molar-refractivity contribution in [1.82, 2.24) is 0 Å². The lowest BCUT2D eigenvalue weighted by Crippen LogP contribution is -2.28. The number of carbonyl (C=O) groups is 1. The van der Waals surface area contributed by atoms with Gasteiger partial charge < -0.3 is 5.11 Å². The molecule has 0 unspecified atom stereocenters. The molecule has 1 rings (SSSR count). The van der Waals surface area contributed by atoms with Gasteiger partial charge >= 0.3 is 0 Å². The molecule has 0 aromatic rings. The Morgan fingerprint density at radius 1 is 1.55 bits per heavy atom. The van der Waals surface area contributed by atoms with Gasteiger partial charge in [0.2, 0.25) is 0 Å². The lowest BCUT2D eigenvalue weighted by Gasteiger charge is -2.19. The zero-order valence-electron chi connectivity index (χ0n) is 7.21. The molecule has 0 heterocycles. The molecule has 1 fully saturated rings. The first kappa shape index (κ1) is 8.72. The number of hydrogen-bond donors (Lipinski definition) is 1. The van der Waals surface area contributed by atoms with E-state index in [1.807, 2.05) is 13.8 Å². The maximum Gasteiger partial charge on any atom is 0.138 e. The molecule has 2 heteroatoms. The van der Waals surface area contributed by atoms with Crippen LogP contribution in [0.5, 0.6) is 0 Å². The minimum absolute atomic E-state index is 0.0602. The summed E-state index contributed by atoms with van der Waals surface area (Å²) in [7, 11) is 0. The third-order valence-electron chi connectivity index (χ3n) is 2.45. The number of Topliss-reactive ketones (excluding diaryl/α,β-unsaturated/α-hetero) is 1. The summed E-state index contributed by atoms with van der Waals surface area (Å²) in [5.74, 6) is 0.406. The second-order valence-electron chi connectivity index (χ2n) is 3.70. The maximum atomic E-state index is 11.2. The van der Waals surface area contributed by atoms with Crippen molar-refractivity contribution in [3.05, 3.63) is 0 Å². The van der Waals surface area contributed by atoms with E-state index < -0.39 is 6.10 Å². The zero-order valence-corrected chi connectivity index (χ0v) is 7.21. The molecule has 1 N–H and O–H groups in total. The summed E-state index contributed by atoms with van der Waals surface area (Å²) < 4.78 is 0. The first-order valence-electron chi connectivity index (χ1n) is 4.33. The van der Waals surface area contributed by atoms with E-state index in [-0.39, 0.29) is 17.6 Å². The summed E-state index contributed by atoms with van der Waals surface area (Å²) in [5.41, 5.74) is 0. The lowest BCUT2D eigenvalue weighted by molar-refractivity contribution is -0.124. The van der Waals surface area contributed by atoms with E-state index in [1.54, 1.807) is 0 Å². The van der Waals surface area contributed by atoms with Gasteiger partial charge in [0.1, 0.15) is 5.78 Å². The summed E-state index contributed by atoms with van der Waals surface area (Å²) in [6.45, 7) is 3.91. The van der Waals surface area contributed by atoms with Gasteiger partial charge in [0.15, 0.2) is 0 Å². The number of carbonyl (C=O) groups excluding carboxylic acids is 1. The standard InChI is InChI=1S/C9H16O2/c1-6(2)9(11)7-4-3-5-8(7)10/h6-7,9,11H,3-5H2,1-2H3/t7-,9+/m1/s1. The zero-order chi connectivity index (χ0) is 8.43. The minimum atomic E-state index is -0.412. The molecular weight excluding hydrogens is 140 g/mol. The molecule has 0 aromatic heterocycles. The number of rotatable bonds is 2. The molecule has 0 spiro atoms. The molecule has 2 nitrogen and oxygen atoms in total. The normalized spacial score (nSPS) is 28.0. The largest absolute Gasteiger partial charge is 0.392 e. The molecule has 1 saturated carbocycles. The highest BCUT2D eigenvalue weighted by atomic mass is 16.3. The van der Waals surface area contributed by atoms with Crippen LogP contribution in [0.15, 0.2) is 0 Å². The van der Waals surface area contributed by atoms with E-state index in [0.29, 0.717) is 6.42 Å². The number of hydrogen-bond acceptors (Lipinski definition) is 2. The number of ketones is 1. The first-order valence-corrected chi connectivity index (χ1v) is 4.33. The third-order valence-corrected chi connectivity index (χ3v) is 2.45. The Balaban J connectivity index is 2.52. The van der Waals surface area contributed by atoms with Crippen LogP contribution in [0.1, 0.15) is 33.1 Å². The van der Waals surface area contributed by atoms with Crippen LogP contribution < -0.4 is 0 Å². The summed E-state index contributed by atoms with van der Waals surface area (Å²) in [6, 6.07) is 0. The van der Waals surface area contributed by atoms with Crippen LogP contribution in [0.25, 0.3) is 0 Å². The molecular formula is C9H16O2. The van der Waals surface area contributed by atoms with Crippen molar-refractivity contribution >= 4 is 5.78 Å². The topological polar surface area (TPSA) is 37.3 Å². The summed E-state index contributed by atoms with van der Waals surface area (Å²) in [5, 5.41) is 9.58. The first-order chi connectivity index (χ1) is 5.13. The minimum Gasteiger partial charge on any atom is -0.392 e. The molecule has 1 aliphatic carbocycles. The number of aliphatic hydroxyl groups excluding tert-OH is 1. The van der Waals surface area contributed by atoms with Crippen molar-refractivity contribution < 1.29 is 9.90 Å². The van der Waals surface area contributed by atoms with Gasteiger partial charge in [-0.1, -0.05) is 13.8 Å². The van der Waals surface area contributed by atoms with E-state index in [0.717, 1.165) is 12.8 Å². The molecule has 0 aliphatic heterocycles. The second kappa shape index (κ2) is 3.35. The van der Waals surface area contributed by atoms with Crippen molar-refractivity contribution in [2.24, 2.45) is 11.8 Å². The SMILES string of the molecule is CC(C)[C@H](O)[C@@H]1CCCC1=O. The fraction of sp³-hybridized carbons (Fsp3) is 0.889. The van der Waals surface area contributed by atoms with E-state index in [2.05, 4.69) is 0 Å². The molecule has 0 radical (unpaired) electrons. The number of aliphatic hydroxyl groups is 1. The van der Waals surface area contributed by atoms with Gasteiger partial charge in [-0.25, -0.2) is 0 Å². The fourth-order valence-corrected chi connectivity index (χ4v) is 1.67. The van der Waals surface area contributed by atoms with E-state index in [9.17, 15) is 9.90 Å². The average Bonchev–Trinajstić information content (AvgIpc) is 2.33. The highest BCUT2D eigenvalue weighted by Gasteiger charge is 2.32. The predicted molar refractivity (Wildman–Crippen MR) is 43.2 cm³/mol. The maximum absolute atomic E-state index is 11.2. The van der Waals surface area contributed by atoms with Gasteiger partial charge in [0.05, 0.1) is 6.10 Å². The van der Waals surface area contributed by atoms with Gasteiger partial charge in [0.25, 0.3) is 0 Å². The Labute approximate surface area is 67.6 Å². The fourth-order valence-electron chi connectivity index (χ4n) is 1.67. The summed E-state index contributed by atoms with van der Waals surface area (Å²) >= 11 is 0. The molecule has 2 atom stereocenters. The van der Waals surface area contributed by atoms with Crippen LogP contribution in [0, 0.1) is 11.8 Å². The smallest absolute Gasteiger partial charge is 0.138 e. The molecule has 0 amide bonds. The van der Waals surface area contributed by atoms with Crippen LogP contribution in [-0.4, -0.2) is 17.0 Å². The van der Waals surface area contributed by atoms with E-state index >= 15 is 0 Å². The Morgan fingerprint density at radius 2 is 2.18 bits per heavy atom. The van der Waals surface area contributed by atoms with Gasteiger partial charge in [0, 0.05) is 12.3 Å². The molecule has 64 valence electrons. The lowest BCUT2D eigenvalue weighted by atomic mass is 9.91. The van der Waals surface area contributed by atoms with Crippen LogP contribution in [0.3, 0.4) is 0 Å². The van der Waals surface area contributed by atoms with Gasteiger partial charge in [-0.15, -0.1) is 0 Å². The van der Waals surface area contributed by atoms with Crippen molar-refractivity contribution in [1.29, 1.82) is 0 Å². The van der Waals surface area contributed by atoms with E-state index in [4.69, 9.17) is 0 Å². The molecule has 0 bridgehead atoms. The molecule has 0 aromatic carbocycles. The van der Waals surface area contributed by atoms with Crippen LogP contribution in [0.4, 0.5) is 0 Å². The quantitative estimate of drug-likeness (QED) is 0.655. The Kier molecular flexibility index (Phi) is 2.66. The van der Waals surface area contributed by atoms with Gasteiger partial charge in [-0.05, 0) is 18.8 Å². The molecule has 1 aliphatic rings. The second-order valence-corrected chi connectivity index (χ2v) is 3.70.